The predicted octanol–water partition coefficient (Wildman–Crippen LogP) is 20.1. The summed E-state index contributed by atoms with van der Waals surface area (Å²) >= 11 is 0. The summed E-state index contributed by atoms with van der Waals surface area (Å²) < 4.78 is 5.46. The number of allylic oxidation sites excluding steroid dienone is 7. The first kappa shape index (κ1) is 69.8. The third-order valence-corrected chi connectivity index (χ3v) is 14.6. The summed E-state index contributed by atoms with van der Waals surface area (Å²) in [6, 6.07) is -0.637. The highest BCUT2D eigenvalue weighted by Crippen LogP contribution is 2.17. The Morgan fingerprint density at radius 3 is 1.10 bits per heavy atom. The molecule has 3 N–H and O–H groups in total. The molecule has 0 rings (SSSR count). The quantitative estimate of drug-likeness (QED) is 0.0320. The lowest BCUT2D eigenvalue weighted by Crippen LogP contribution is -2.45. The Hall–Kier alpha value is -2.18. The SMILES string of the molecule is CCCCC/C=C\CCCCCCCC(=O)OCCCCCCCCCCC/C=C\C/C=C\CCCCCCCCCC(=O)NC(CO)C(O)/C=C/CCCCCCCCCCCCCCCCCCCC. The Morgan fingerprint density at radius 1 is 0.389 bits per heavy atom. The third kappa shape index (κ3) is 57.1. The van der Waals surface area contributed by atoms with Crippen LogP contribution in [0, 0.1) is 0 Å². The minimum atomic E-state index is -0.853. The van der Waals surface area contributed by atoms with E-state index in [1.165, 1.54) is 244 Å². The van der Waals surface area contributed by atoms with Crippen molar-refractivity contribution in [2.24, 2.45) is 0 Å². The molecule has 0 spiro atoms. The minimum absolute atomic E-state index is 0.00379. The number of esters is 1. The molecule has 0 aliphatic rings. The van der Waals surface area contributed by atoms with Crippen LogP contribution in [-0.4, -0.2) is 47.4 Å². The van der Waals surface area contributed by atoms with Gasteiger partial charge in [-0.2, -0.15) is 0 Å². The van der Waals surface area contributed by atoms with Gasteiger partial charge in [-0.05, 0) is 89.9 Å². The summed E-state index contributed by atoms with van der Waals surface area (Å²) in [5.74, 6) is -0.0803. The van der Waals surface area contributed by atoms with Gasteiger partial charge in [-0.1, -0.05) is 281 Å². The second kappa shape index (κ2) is 61.4. The van der Waals surface area contributed by atoms with E-state index in [0.717, 1.165) is 64.2 Å². The van der Waals surface area contributed by atoms with Crippen molar-refractivity contribution in [3.05, 3.63) is 48.6 Å². The highest BCUT2D eigenvalue weighted by molar-refractivity contribution is 5.76. The van der Waals surface area contributed by atoms with Crippen molar-refractivity contribution < 1.29 is 24.5 Å². The number of carbonyl (C=O) groups excluding carboxylic acids is 2. The summed E-state index contributed by atoms with van der Waals surface area (Å²) in [5, 5.41) is 23.2. The van der Waals surface area contributed by atoms with E-state index >= 15 is 0 Å². The summed E-state index contributed by atoms with van der Waals surface area (Å²) in [6.45, 7) is 4.88. The van der Waals surface area contributed by atoms with Crippen LogP contribution < -0.4 is 5.32 Å². The summed E-state index contributed by atoms with van der Waals surface area (Å²) in [4.78, 5) is 24.5. The number of aliphatic hydroxyl groups excluding tert-OH is 2. The minimum Gasteiger partial charge on any atom is -0.466 e. The van der Waals surface area contributed by atoms with Crippen molar-refractivity contribution in [1.29, 1.82) is 0 Å². The number of amides is 1. The van der Waals surface area contributed by atoms with Crippen LogP contribution in [0.5, 0.6) is 0 Å². The predicted molar refractivity (Wildman–Crippen MR) is 315 cm³/mol. The van der Waals surface area contributed by atoms with Crippen molar-refractivity contribution in [1.82, 2.24) is 5.32 Å². The molecule has 0 aromatic heterocycles. The first-order chi connectivity index (χ1) is 35.5. The molecule has 1 amide bonds. The fraction of sp³-hybridized carbons (Fsp3) is 0.848. The van der Waals surface area contributed by atoms with Crippen LogP contribution in [0.15, 0.2) is 48.6 Å². The second-order valence-electron chi connectivity index (χ2n) is 21.7. The molecular weight excluding hydrogens is 887 g/mol. The van der Waals surface area contributed by atoms with Crippen LogP contribution in [0.4, 0.5) is 0 Å². The van der Waals surface area contributed by atoms with Gasteiger partial charge in [0.15, 0.2) is 0 Å². The molecule has 0 aliphatic carbocycles. The second-order valence-corrected chi connectivity index (χ2v) is 21.7. The van der Waals surface area contributed by atoms with Crippen molar-refractivity contribution in [3.8, 4) is 0 Å². The van der Waals surface area contributed by atoms with Gasteiger partial charge in [0, 0.05) is 12.8 Å². The molecule has 0 saturated carbocycles. The molecule has 0 saturated heterocycles. The van der Waals surface area contributed by atoms with Crippen LogP contribution in [0.25, 0.3) is 0 Å². The first-order valence-corrected chi connectivity index (χ1v) is 31.9. The average Bonchev–Trinajstić information content (AvgIpc) is 3.38. The number of hydrogen-bond acceptors (Lipinski definition) is 5. The van der Waals surface area contributed by atoms with Crippen molar-refractivity contribution in [2.45, 2.75) is 347 Å². The lowest BCUT2D eigenvalue weighted by molar-refractivity contribution is -0.143. The Labute approximate surface area is 448 Å². The van der Waals surface area contributed by atoms with Gasteiger partial charge < -0.3 is 20.3 Å². The molecule has 6 heteroatoms. The maximum atomic E-state index is 12.5. The number of aliphatic hydroxyl groups is 2. The summed E-state index contributed by atoms with van der Waals surface area (Å²) in [6.07, 6.45) is 78.7. The van der Waals surface area contributed by atoms with E-state index in [0.29, 0.717) is 19.4 Å². The zero-order chi connectivity index (χ0) is 52.2. The molecule has 0 aromatic rings. The third-order valence-electron chi connectivity index (χ3n) is 14.6. The monoisotopic (exact) mass is 1010 g/mol. The Bertz CT molecular complexity index is 1210. The molecule has 0 radical (unpaired) electrons. The molecule has 6 nitrogen and oxygen atoms in total. The van der Waals surface area contributed by atoms with Gasteiger partial charge in [0.05, 0.1) is 25.4 Å². The van der Waals surface area contributed by atoms with Crippen molar-refractivity contribution in [3.63, 3.8) is 0 Å². The topological polar surface area (TPSA) is 95.9 Å². The lowest BCUT2D eigenvalue weighted by Gasteiger charge is -2.20. The fourth-order valence-electron chi connectivity index (χ4n) is 9.66. The van der Waals surface area contributed by atoms with E-state index < -0.39 is 12.1 Å². The molecule has 0 bridgehead atoms. The summed E-state index contributed by atoms with van der Waals surface area (Å²) in [5.41, 5.74) is 0. The molecule has 0 aliphatic heterocycles. The zero-order valence-corrected chi connectivity index (χ0v) is 48.2. The Morgan fingerprint density at radius 2 is 0.694 bits per heavy atom. The molecule has 2 atom stereocenters. The highest BCUT2D eigenvalue weighted by Gasteiger charge is 2.18. The smallest absolute Gasteiger partial charge is 0.305 e. The highest BCUT2D eigenvalue weighted by atomic mass is 16.5. The number of hydrogen-bond donors (Lipinski definition) is 3. The number of ether oxygens (including phenoxy) is 1. The van der Waals surface area contributed by atoms with Gasteiger partial charge in [-0.25, -0.2) is 0 Å². The lowest BCUT2D eigenvalue weighted by atomic mass is 10.0. The normalized spacial score (nSPS) is 12.9. The molecule has 0 fully saturated rings. The molecular formula is C66H123NO5. The first-order valence-electron chi connectivity index (χ1n) is 31.9. The van der Waals surface area contributed by atoms with Gasteiger partial charge in [0.25, 0.3) is 0 Å². The molecule has 2 unspecified atom stereocenters. The van der Waals surface area contributed by atoms with E-state index in [2.05, 4.69) is 55.6 Å². The van der Waals surface area contributed by atoms with Gasteiger partial charge in [0.1, 0.15) is 0 Å². The van der Waals surface area contributed by atoms with E-state index in [1.807, 2.05) is 6.08 Å². The Balaban J connectivity index is 3.49. The fourth-order valence-corrected chi connectivity index (χ4v) is 9.66. The molecule has 72 heavy (non-hydrogen) atoms. The largest absolute Gasteiger partial charge is 0.466 e. The zero-order valence-electron chi connectivity index (χ0n) is 48.2. The number of carbonyl (C=O) groups is 2. The molecule has 0 heterocycles. The maximum Gasteiger partial charge on any atom is 0.305 e. The van der Waals surface area contributed by atoms with Gasteiger partial charge in [0.2, 0.25) is 5.91 Å². The van der Waals surface area contributed by atoms with E-state index in [4.69, 9.17) is 4.74 Å². The number of rotatable bonds is 59. The van der Waals surface area contributed by atoms with E-state index in [9.17, 15) is 19.8 Å². The number of unbranched alkanes of at least 4 members (excludes halogenated alkanes) is 42. The van der Waals surface area contributed by atoms with Crippen LogP contribution >= 0.6 is 0 Å². The van der Waals surface area contributed by atoms with Crippen molar-refractivity contribution in [2.75, 3.05) is 13.2 Å². The van der Waals surface area contributed by atoms with E-state index in [-0.39, 0.29) is 18.5 Å². The summed E-state index contributed by atoms with van der Waals surface area (Å²) in [7, 11) is 0. The number of nitrogens with one attached hydrogen (secondary N) is 1. The van der Waals surface area contributed by atoms with E-state index in [1.54, 1.807) is 6.08 Å². The Kier molecular flexibility index (Phi) is 59.5. The van der Waals surface area contributed by atoms with Gasteiger partial charge >= 0.3 is 5.97 Å². The van der Waals surface area contributed by atoms with Crippen LogP contribution in [-0.2, 0) is 14.3 Å². The van der Waals surface area contributed by atoms with Gasteiger partial charge in [-0.15, -0.1) is 0 Å². The molecule has 422 valence electrons. The standard InChI is InChI=1S/C66H123NO5/c1-3-5-7-9-11-13-15-17-18-19-20-26-29-32-35-38-42-46-50-54-58-64(69)63(62-68)67-65(70)59-55-51-47-43-39-36-33-30-27-24-22-21-23-25-28-31-34-37-41-45-49-53-57-61-72-66(71)60-56-52-48-44-40-16-14-12-10-8-6-4-2/h12,14,21,23-24,27,54,58,63-64,68-69H,3-11,13,15-20,22,25-26,28-53,55-57,59-62H2,1-2H3,(H,67,70)/b14-12-,23-21-,27-24-,58-54+. The van der Waals surface area contributed by atoms with Crippen molar-refractivity contribution >= 4 is 11.9 Å². The van der Waals surface area contributed by atoms with Crippen LogP contribution in [0.2, 0.25) is 0 Å². The van der Waals surface area contributed by atoms with Gasteiger partial charge in [-0.3, -0.25) is 9.59 Å². The van der Waals surface area contributed by atoms with Crippen LogP contribution in [0.1, 0.15) is 335 Å². The maximum absolute atomic E-state index is 12.5. The van der Waals surface area contributed by atoms with Crippen LogP contribution in [0.3, 0.4) is 0 Å². The average molecular weight is 1010 g/mol. The molecule has 0 aromatic carbocycles.